The molecule has 2 aliphatic rings. The van der Waals surface area contributed by atoms with Crippen LogP contribution in [0.25, 0.3) is 11.3 Å². The largest absolute Gasteiger partial charge is 0.391 e. The lowest BCUT2D eigenvalue weighted by Crippen LogP contribution is -2.28. The molecule has 2 heterocycles. The van der Waals surface area contributed by atoms with Gasteiger partial charge in [0.1, 0.15) is 5.82 Å². The average Bonchev–Trinajstić information content (AvgIpc) is 3.12. The molecule has 1 fully saturated rings. The molecule has 0 radical (unpaired) electrons. The van der Waals surface area contributed by atoms with Crippen LogP contribution >= 0.6 is 0 Å². The molecule has 2 atom stereocenters. The number of rotatable bonds is 3. The number of hydrogen-bond acceptors (Lipinski definition) is 4. The summed E-state index contributed by atoms with van der Waals surface area (Å²) in [6.07, 6.45) is 5.24. The highest BCUT2D eigenvalue weighted by atomic mass is 19.1. The van der Waals surface area contributed by atoms with Crippen LogP contribution in [-0.2, 0) is 12.8 Å². The molecule has 134 valence electrons. The van der Waals surface area contributed by atoms with Crippen molar-refractivity contribution in [3.8, 4) is 11.3 Å². The molecule has 25 heavy (non-hydrogen) atoms. The van der Waals surface area contributed by atoms with Crippen LogP contribution in [0.5, 0.6) is 0 Å². The number of aromatic nitrogens is 3. The second-order valence-corrected chi connectivity index (χ2v) is 8.18. The van der Waals surface area contributed by atoms with E-state index >= 15 is 0 Å². The zero-order valence-corrected chi connectivity index (χ0v) is 14.8. The van der Waals surface area contributed by atoms with Crippen molar-refractivity contribution in [3.63, 3.8) is 0 Å². The lowest BCUT2D eigenvalue weighted by molar-refractivity contribution is 0.171. The average molecular weight is 344 g/mol. The summed E-state index contributed by atoms with van der Waals surface area (Å²) >= 11 is 0. The fourth-order valence-corrected chi connectivity index (χ4v) is 4.09. The summed E-state index contributed by atoms with van der Waals surface area (Å²) in [5.74, 6) is -0.0609. The summed E-state index contributed by atoms with van der Waals surface area (Å²) in [5, 5.41) is 20.8. The van der Waals surface area contributed by atoms with E-state index in [2.05, 4.69) is 34.3 Å². The Hall–Kier alpha value is -1.95. The number of hydrogen-bond donors (Lipinski definition) is 3. The summed E-state index contributed by atoms with van der Waals surface area (Å²) < 4.78 is 14.1. The van der Waals surface area contributed by atoms with Gasteiger partial charge in [0, 0.05) is 22.9 Å². The molecular weight excluding hydrogens is 319 g/mol. The summed E-state index contributed by atoms with van der Waals surface area (Å²) in [4.78, 5) is 3.95. The zero-order chi connectivity index (χ0) is 17.6. The highest BCUT2D eigenvalue weighted by Gasteiger charge is 2.30. The molecule has 1 saturated carbocycles. The first-order valence-corrected chi connectivity index (χ1v) is 9.10. The first kappa shape index (κ1) is 16.5. The molecule has 0 bridgehead atoms. The Bertz CT molecular complexity index is 786. The Morgan fingerprint density at radius 2 is 2.16 bits per heavy atom. The van der Waals surface area contributed by atoms with Crippen LogP contribution < -0.4 is 5.32 Å². The number of halogens is 1. The SMILES string of the molecule is CC1(C)CCc2c(-c3cc(F)nc(NC4CCCC4O)c3)n[nH]c2C1. The topological polar surface area (TPSA) is 73.8 Å². The van der Waals surface area contributed by atoms with Crippen LogP contribution in [0.4, 0.5) is 10.2 Å². The number of pyridine rings is 1. The summed E-state index contributed by atoms with van der Waals surface area (Å²) in [7, 11) is 0. The van der Waals surface area contributed by atoms with E-state index in [-0.39, 0.29) is 11.5 Å². The van der Waals surface area contributed by atoms with E-state index in [4.69, 9.17) is 0 Å². The van der Waals surface area contributed by atoms with Crippen molar-refractivity contribution in [3.05, 3.63) is 29.3 Å². The van der Waals surface area contributed by atoms with Crippen LogP contribution in [-0.4, -0.2) is 32.4 Å². The van der Waals surface area contributed by atoms with E-state index in [1.54, 1.807) is 0 Å². The van der Waals surface area contributed by atoms with Crippen LogP contribution in [0, 0.1) is 11.4 Å². The molecule has 2 aliphatic carbocycles. The molecule has 4 rings (SSSR count). The second kappa shape index (κ2) is 6.09. The molecule has 3 N–H and O–H groups in total. The van der Waals surface area contributed by atoms with Crippen molar-refractivity contribution in [2.24, 2.45) is 5.41 Å². The first-order chi connectivity index (χ1) is 11.9. The lowest BCUT2D eigenvalue weighted by Gasteiger charge is -2.29. The summed E-state index contributed by atoms with van der Waals surface area (Å²) in [6.45, 7) is 4.52. The number of anilines is 1. The lowest BCUT2D eigenvalue weighted by atomic mass is 9.76. The predicted octanol–water partition coefficient (Wildman–Crippen LogP) is 3.45. The van der Waals surface area contributed by atoms with Crippen molar-refractivity contribution >= 4 is 5.82 Å². The number of H-pyrrole nitrogens is 1. The summed E-state index contributed by atoms with van der Waals surface area (Å²) in [6, 6.07) is 3.22. The molecule has 0 amide bonds. The number of fused-ring (bicyclic) bond motifs is 1. The van der Waals surface area contributed by atoms with Crippen molar-refractivity contribution in [2.45, 2.75) is 64.5 Å². The van der Waals surface area contributed by atoms with E-state index in [1.807, 2.05) is 6.07 Å². The number of nitrogens with one attached hydrogen (secondary N) is 2. The van der Waals surface area contributed by atoms with E-state index in [1.165, 1.54) is 11.6 Å². The maximum Gasteiger partial charge on any atom is 0.215 e. The van der Waals surface area contributed by atoms with Gasteiger partial charge in [-0.05, 0) is 50.0 Å². The van der Waals surface area contributed by atoms with E-state index in [0.717, 1.165) is 55.5 Å². The number of nitrogens with zero attached hydrogens (tertiary/aromatic N) is 2. The molecular formula is C19H25FN4O. The smallest absolute Gasteiger partial charge is 0.215 e. The summed E-state index contributed by atoms with van der Waals surface area (Å²) in [5.41, 5.74) is 4.17. The maximum atomic E-state index is 14.1. The van der Waals surface area contributed by atoms with Crippen LogP contribution in [0.15, 0.2) is 12.1 Å². The maximum absolute atomic E-state index is 14.1. The molecule has 0 aliphatic heterocycles. The Kier molecular flexibility index (Phi) is 4.02. The highest BCUT2D eigenvalue weighted by molar-refractivity contribution is 5.67. The van der Waals surface area contributed by atoms with E-state index in [0.29, 0.717) is 5.82 Å². The standard InChI is InChI=1S/C19H25FN4O/c1-19(2)7-6-12-14(10-19)23-24-18(12)11-8-16(20)22-17(9-11)21-13-4-3-5-15(13)25/h8-9,13,15,25H,3-7,10H2,1-2H3,(H,21,22)(H,23,24). The number of aliphatic hydroxyl groups is 1. The third-order valence-corrected chi connectivity index (χ3v) is 5.54. The number of aromatic amines is 1. The monoisotopic (exact) mass is 344 g/mol. The van der Waals surface area contributed by atoms with Gasteiger partial charge in [0.2, 0.25) is 5.95 Å². The van der Waals surface area contributed by atoms with Crippen LogP contribution in [0.1, 0.15) is 50.8 Å². The van der Waals surface area contributed by atoms with Crippen molar-refractivity contribution in [1.82, 2.24) is 15.2 Å². The normalized spacial score (nSPS) is 25.0. The molecule has 2 aromatic heterocycles. The number of aliphatic hydroxyl groups excluding tert-OH is 1. The minimum absolute atomic E-state index is 0.0592. The second-order valence-electron chi connectivity index (χ2n) is 8.18. The van der Waals surface area contributed by atoms with Crippen molar-refractivity contribution < 1.29 is 9.50 Å². The van der Waals surface area contributed by atoms with Gasteiger partial charge in [-0.1, -0.05) is 13.8 Å². The van der Waals surface area contributed by atoms with Gasteiger partial charge >= 0.3 is 0 Å². The van der Waals surface area contributed by atoms with Gasteiger partial charge in [-0.25, -0.2) is 4.98 Å². The van der Waals surface area contributed by atoms with Crippen LogP contribution in [0.2, 0.25) is 0 Å². The van der Waals surface area contributed by atoms with Gasteiger partial charge in [-0.3, -0.25) is 5.10 Å². The Morgan fingerprint density at radius 1 is 1.32 bits per heavy atom. The zero-order valence-electron chi connectivity index (χ0n) is 14.8. The van der Waals surface area contributed by atoms with Crippen molar-refractivity contribution in [1.29, 1.82) is 0 Å². The third-order valence-electron chi connectivity index (χ3n) is 5.54. The van der Waals surface area contributed by atoms with Crippen molar-refractivity contribution in [2.75, 3.05) is 5.32 Å². The molecule has 5 nitrogen and oxygen atoms in total. The van der Waals surface area contributed by atoms with Gasteiger partial charge in [0.25, 0.3) is 0 Å². The van der Waals surface area contributed by atoms with E-state index < -0.39 is 12.1 Å². The fraction of sp³-hybridized carbons (Fsp3) is 0.579. The highest BCUT2D eigenvalue weighted by Crippen LogP contribution is 2.38. The minimum atomic E-state index is -0.527. The fourth-order valence-electron chi connectivity index (χ4n) is 4.09. The Labute approximate surface area is 147 Å². The predicted molar refractivity (Wildman–Crippen MR) is 94.9 cm³/mol. The molecule has 2 unspecified atom stereocenters. The molecule has 6 heteroatoms. The first-order valence-electron chi connectivity index (χ1n) is 9.10. The minimum Gasteiger partial charge on any atom is -0.391 e. The van der Waals surface area contributed by atoms with Gasteiger partial charge in [-0.15, -0.1) is 0 Å². The Morgan fingerprint density at radius 3 is 2.92 bits per heavy atom. The third kappa shape index (κ3) is 3.27. The van der Waals surface area contributed by atoms with Crippen LogP contribution in [0.3, 0.4) is 0 Å². The molecule has 0 saturated heterocycles. The molecule has 0 aromatic carbocycles. The molecule has 0 spiro atoms. The Balaban J connectivity index is 1.64. The quantitative estimate of drug-likeness (QED) is 0.746. The van der Waals surface area contributed by atoms with Gasteiger partial charge < -0.3 is 10.4 Å². The van der Waals surface area contributed by atoms with Gasteiger partial charge in [0.05, 0.1) is 17.8 Å². The van der Waals surface area contributed by atoms with Gasteiger partial charge in [0.15, 0.2) is 0 Å². The van der Waals surface area contributed by atoms with E-state index in [9.17, 15) is 9.50 Å². The van der Waals surface area contributed by atoms with Gasteiger partial charge in [-0.2, -0.15) is 9.49 Å². The molecule has 2 aromatic rings.